The van der Waals surface area contributed by atoms with Crippen molar-refractivity contribution in [1.82, 2.24) is 9.80 Å². The van der Waals surface area contributed by atoms with Crippen LogP contribution in [0.15, 0.2) is 0 Å². The largest absolute Gasteiger partial charge is 0.369 e. The van der Waals surface area contributed by atoms with Crippen molar-refractivity contribution in [3.05, 3.63) is 0 Å². The molecule has 0 aliphatic heterocycles. The number of nitrogens with zero attached hydrogens (tertiary/aromatic N) is 2. The van der Waals surface area contributed by atoms with Crippen LogP contribution in [-0.4, -0.2) is 54.8 Å². The van der Waals surface area contributed by atoms with Crippen molar-refractivity contribution < 1.29 is 9.59 Å². The maximum absolute atomic E-state index is 12.1. The van der Waals surface area contributed by atoms with Crippen LogP contribution in [-0.2, 0) is 9.59 Å². The minimum atomic E-state index is -0.330. The Balaban J connectivity index is 1.75. The van der Waals surface area contributed by atoms with Crippen molar-refractivity contribution in [3.63, 3.8) is 0 Å². The number of carbonyl (C=O) groups is 2. The van der Waals surface area contributed by atoms with Crippen molar-refractivity contribution in [2.24, 2.45) is 17.6 Å². The highest BCUT2D eigenvalue weighted by Gasteiger charge is 2.41. The maximum Gasteiger partial charge on any atom is 0.226 e. The van der Waals surface area contributed by atoms with Gasteiger partial charge in [-0.1, -0.05) is 0 Å². The first kappa shape index (κ1) is 13.3. The van der Waals surface area contributed by atoms with Gasteiger partial charge in [0.25, 0.3) is 0 Å². The monoisotopic (exact) mass is 253 g/mol. The van der Waals surface area contributed by atoms with Crippen LogP contribution in [0, 0.1) is 11.8 Å². The molecular weight excluding hydrogens is 230 g/mol. The summed E-state index contributed by atoms with van der Waals surface area (Å²) >= 11 is 0. The molecule has 2 saturated carbocycles. The topological polar surface area (TPSA) is 66.6 Å². The van der Waals surface area contributed by atoms with Crippen molar-refractivity contribution in [2.75, 3.05) is 27.2 Å². The molecule has 0 aromatic rings. The first-order valence-electron chi connectivity index (χ1n) is 6.75. The number of primary amides is 1. The summed E-state index contributed by atoms with van der Waals surface area (Å²) in [5.74, 6) is -0.655. The maximum atomic E-state index is 12.1. The highest BCUT2D eigenvalue weighted by atomic mass is 16.2. The summed E-state index contributed by atoms with van der Waals surface area (Å²) in [6, 6.07) is 0.718. The van der Waals surface area contributed by atoms with E-state index >= 15 is 0 Å². The van der Waals surface area contributed by atoms with E-state index in [0.29, 0.717) is 0 Å². The molecule has 0 aromatic carbocycles. The summed E-state index contributed by atoms with van der Waals surface area (Å²) in [4.78, 5) is 27.3. The molecule has 0 spiro atoms. The Morgan fingerprint density at radius 1 is 1.06 bits per heavy atom. The summed E-state index contributed by atoms with van der Waals surface area (Å²) in [6.45, 7) is 1.63. The van der Waals surface area contributed by atoms with E-state index in [0.717, 1.165) is 32.0 Å². The van der Waals surface area contributed by atoms with Gasteiger partial charge >= 0.3 is 0 Å². The van der Waals surface area contributed by atoms with Gasteiger partial charge in [-0.15, -0.1) is 0 Å². The van der Waals surface area contributed by atoms with E-state index < -0.39 is 0 Å². The van der Waals surface area contributed by atoms with E-state index in [2.05, 4.69) is 11.9 Å². The van der Waals surface area contributed by atoms with Crippen LogP contribution in [0.3, 0.4) is 0 Å². The van der Waals surface area contributed by atoms with Gasteiger partial charge in [-0.05, 0) is 32.7 Å². The molecule has 0 heterocycles. The van der Waals surface area contributed by atoms with Crippen LogP contribution < -0.4 is 5.73 Å². The van der Waals surface area contributed by atoms with E-state index in [9.17, 15) is 9.59 Å². The summed E-state index contributed by atoms with van der Waals surface area (Å²) in [6.07, 6.45) is 4.12. The van der Waals surface area contributed by atoms with Crippen molar-refractivity contribution in [1.29, 1.82) is 0 Å². The predicted octanol–water partition coefficient (Wildman–Crippen LogP) is 0.0505. The fourth-order valence-corrected chi connectivity index (χ4v) is 2.54. The Hall–Kier alpha value is -1.10. The SMILES string of the molecule is CN(CCN(C)C1CC1)C(=O)[C@H]1CC[C@@H]1C(N)=O. The highest BCUT2D eigenvalue weighted by Crippen LogP contribution is 2.35. The zero-order valence-corrected chi connectivity index (χ0v) is 11.3. The molecule has 0 radical (unpaired) electrons. The summed E-state index contributed by atoms with van der Waals surface area (Å²) < 4.78 is 0. The smallest absolute Gasteiger partial charge is 0.226 e. The second-order valence-corrected chi connectivity index (χ2v) is 5.66. The third kappa shape index (κ3) is 2.83. The Labute approximate surface area is 108 Å². The molecule has 2 aliphatic carbocycles. The van der Waals surface area contributed by atoms with E-state index in [1.165, 1.54) is 12.8 Å². The van der Waals surface area contributed by atoms with Crippen molar-refractivity contribution >= 4 is 11.8 Å². The number of nitrogens with two attached hydrogens (primary N) is 1. The third-order valence-electron chi connectivity index (χ3n) is 4.29. The van der Waals surface area contributed by atoms with Gasteiger partial charge in [0.1, 0.15) is 0 Å². The Kier molecular flexibility index (Phi) is 3.90. The molecule has 2 atom stereocenters. The number of hydrogen-bond donors (Lipinski definition) is 1. The third-order valence-corrected chi connectivity index (χ3v) is 4.29. The molecule has 0 bridgehead atoms. The van der Waals surface area contributed by atoms with Crippen LogP contribution in [0.1, 0.15) is 25.7 Å². The van der Waals surface area contributed by atoms with Gasteiger partial charge in [0, 0.05) is 38.0 Å². The van der Waals surface area contributed by atoms with Crippen LogP contribution in [0.5, 0.6) is 0 Å². The molecular formula is C13H23N3O2. The molecule has 2 fully saturated rings. The summed E-state index contributed by atoms with van der Waals surface area (Å²) in [5, 5.41) is 0. The Bertz CT molecular complexity index is 341. The molecule has 2 amide bonds. The number of carbonyl (C=O) groups excluding carboxylic acids is 2. The first-order chi connectivity index (χ1) is 8.50. The molecule has 102 valence electrons. The van der Waals surface area contributed by atoms with Gasteiger partial charge in [0.2, 0.25) is 11.8 Å². The molecule has 2 rings (SSSR count). The lowest BCUT2D eigenvalue weighted by atomic mass is 9.72. The number of rotatable bonds is 6. The van der Waals surface area contributed by atoms with E-state index in [1.807, 2.05) is 7.05 Å². The highest BCUT2D eigenvalue weighted by molar-refractivity contribution is 5.88. The zero-order chi connectivity index (χ0) is 13.3. The predicted molar refractivity (Wildman–Crippen MR) is 68.7 cm³/mol. The lowest BCUT2D eigenvalue weighted by Crippen LogP contribution is -2.48. The van der Waals surface area contributed by atoms with Crippen LogP contribution >= 0.6 is 0 Å². The average molecular weight is 253 g/mol. The van der Waals surface area contributed by atoms with Gasteiger partial charge < -0.3 is 15.5 Å². The summed E-state index contributed by atoms with van der Waals surface area (Å²) in [7, 11) is 3.92. The molecule has 18 heavy (non-hydrogen) atoms. The zero-order valence-electron chi connectivity index (χ0n) is 11.3. The van der Waals surface area contributed by atoms with Crippen molar-refractivity contribution in [2.45, 2.75) is 31.7 Å². The number of likely N-dealkylation sites (N-methyl/N-ethyl adjacent to an activating group) is 2. The van der Waals surface area contributed by atoms with Crippen LogP contribution in [0.25, 0.3) is 0 Å². The minimum absolute atomic E-state index is 0.0780. The van der Waals surface area contributed by atoms with E-state index in [-0.39, 0.29) is 23.7 Å². The molecule has 5 heteroatoms. The van der Waals surface area contributed by atoms with Gasteiger partial charge in [-0.3, -0.25) is 9.59 Å². The van der Waals surface area contributed by atoms with Crippen LogP contribution in [0.4, 0.5) is 0 Å². The molecule has 0 saturated heterocycles. The first-order valence-corrected chi connectivity index (χ1v) is 6.75. The Morgan fingerprint density at radius 2 is 1.67 bits per heavy atom. The average Bonchev–Trinajstić information content (AvgIpc) is 3.06. The molecule has 2 aliphatic rings. The van der Waals surface area contributed by atoms with Gasteiger partial charge in [-0.2, -0.15) is 0 Å². The number of hydrogen-bond acceptors (Lipinski definition) is 3. The molecule has 0 aromatic heterocycles. The van der Waals surface area contributed by atoms with Crippen molar-refractivity contribution in [3.8, 4) is 0 Å². The fraction of sp³-hybridized carbons (Fsp3) is 0.846. The van der Waals surface area contributed by atoms with Gasteiger partial charge in [0.15, 0.2) is 0 Å². The summed E-state index contributed by atoms with van der Waals surface area (Å²) in [5.41, 5.74) is 5.28. The standard InChI is InChI=1S/C13H23N3O2/c1-15(9-3-4-9)7-8-16(2)13(18)11-6-5-10(11)12(14)17/h9-11H,3-8H2,1-2H3,(H2,14,17)/t10-,11-/m0/s1. The quantitative estimate of drug-likeness (QED) is 0.727. The molecule has 5 nitrogen and oxygen atoms in total. The molecule has 2 N–H and O–H groups in total. The van der Waals surface area contributed by atoms with Crippen LogP contribution in [0.2, 0.25) is 0 Å². The fourth-order valence-electron chi connectivity index (χ4n) is 2.54. The number of amides is 2. The second-order valence-electron chi connectivity index (χ2n) is 5.66. The lowest BCUT2D eigenvalue weighted by molar-refractivity contribution is -0.145. The van der Waals surface area contributed by atoms with E-state index in [4.69, 9.17) is 5.73 Å². The normalized spacial score (nSPS) is 26.8. The Morgan fingerprint density at radius 3 is 2.11 bits per heavy atom. The minimum Gasteiger partial charge on any atom is -0.369 e. The van der Waals surface area contributed by atoms with Gasteiger partial charge in [0.05, 0.1) is 0 Å². The van der Waals surface area contributed by atoms with E-state index in [1.54, 1.807) is 4.90 Å². The van der Waals surface area contributed by atoms with Gasteiger partial charge in [-0.25, -0.2) is 0 Å². The molecule has 0 unspecified atom stereocenters. The second kappa shape index (κ2) is 5.26. The lowest BCUT2D eigenvalue weighted by Gasteiger charge is -2.36.